The number of aliphatic hydroxyl groups is 1. The average Bonchev–Trinajstić information content (AvgIpc) is 2.27. The molecule has 0 fully saturated rings. The molecule has 0 spiro atoms. The number of aryl methyl sites for hydroxylation is 1. The topological polar surface area (TPSA) is 92.4 Å². The molecule has 0 saturated carbocycles. The van der Waals surface area contributed by atoms with Crippen molar-refractivity contribution in [3.63, 3.8) is 0 Å². The fraction of sp³-hybridized carbons (Fsp3) is 0.500. The predicted molar refractivity (Wildman–Crippen MR) is 71.7 cm³/mol. The molecule has 0 heterocycles. The second kappa shape index (κ2) is 6.17. The van der Waals surface area contributed by atoms with Crippen molar-refractivity contribution >= 4 is 15.7 Å². The highest BCUT2D eigenvalue weighted by molar-refractivity contribution is 7.89. The number of nitrogens with two attached hydrogens (primary N) is 1. The number of nitrogen functional groups attached to an aromatic ring is 1. The van der Waals surface area contributed by atoms with Crippen molar-refractivity contribution in [2.45, 2.75) is 37.6 Å². The quantitative estimate of drug-likeness (QED) is 0.674. The molecule has 5 nitrogen and oxygen atoms in total. The van der Waals surface area contributed by atoms with E-state index in [4.69, 9.17) is 10.8 Å². The first-order valence-corrected chi connectivity index (χ1v) is 7.38. The maximum atomic E-state index is 12.1. The molecule has 0 aliphatic heterocycles. The van der Waals surface area contributed by atoms with E-state index in [0.717, 1.165) is 5.56 Å². The van der Waals surface area contributed by atoms with E-state index in [1.165, 1.54) is 6.07 Å². The zero-order valence-electron chi connectivity index (χ0n) is 10.7. The zero-order valence-corrected chi connectivity index (χ0v) is 11.5. The van der Waals surface area contributed by atoms with Crippen LogP contribution < -0.4 is 10.5 Å². The minimum absolute atomic E-state index is 0.0512. The van der Waals surface area contributed by atoms with Gasteiger partial charge in [-0.3, -0.25) is 0 Å². The van der Waals surface area contributed by atoms with Gasteiger partial charge in [-0.15, -0.1) is 0 Å². The molecule has 1 aromatic rings. The molecule has 0 radical (unpaired) electrons. The summed E-state index contributed by atoms with van der Waals surface area (Å²) >= 11 is 0. The Hall–Kier alpha value is -1.11. The SMILES string of the molecule is CCC(CCO)NS(=O)(=O)c1ccc(C)cc1N. The smallest absolute Gasteiger partial charge is 0.242 e. The van der Waals surface area contributed by atoms with Crippen molar-refractivity contribution in [1.82, 2.24) is 4.72 Å². The number of aliphatic hydroxyl groups excluding tert-OH is 1. The minimum Gasteiger partial charge on any atom is -0.398 e. The van der Waals surface area contributed by atoms with Crippen LogP contribution >= 0.6 is 0 Å². The summed E-state index contributed by atoms with van der Waals surface area (Å²) in [6.07, 6.45) is 1.01. The first-order valence-electron chi connectivity index (χ1n) is 5.90. The van der Waals surface area contributed by atoms with Crippen molar-refractivity contribution in [2.75, 3.05) is 12.3 Å². The molecule has 1 rings (SSSR count). The molecule has 102 valence electrons. The van der Waals surface area contributed by atoms with E-state index in [1.807, 2.05) is 13.8 Å². The van der Waals surface area contributed by atoms with Crippen LogP contribution in [0.15, 0.2) is 23.1 Å². The van der Waals surface area contributed by atoms with Gasteiger partial charge in [0.15, 0.2) is 0 Å². The van der Waals surface area contributed by atoms with Crippen LogP contribution in [-0.2, 0) is 10.0 Å². The predicted octanol–water partition coefficient (Wildman–Crippen LogP) is 1.02. The lowest BCUT2D eigenvalue weighted by Crippen LogP contribution is -2.35. The Labute approximate surface area is 108 Å². The van der Waals surface area contributed by atoms with Gasteiger partial charge in [0.25, 0.3) is 0 Å². The highest BCUT2D eigenvalue weighted by atomic mass is 32.2. The average molecular weight is 272 g/mol. The van der Waals surface area contributed by atoms with Gasteiger partial charge in [0.1, 0.15) is 4.90 Å². The largest absolute Gasteiger partial charge is 0.398 e. The van der Waals surface area contributed by atoms with Crippen LogP contribution in [0.3, 0.4) is 0 Å². The molecule has 1 aromatic carbocycles. The maximum absolute atomic E-state index is 12.1. The fourth-order valence-electron chi connectivity index (χ4n) is 1.70. The van der Waals surface area contributed by atoms with E-state index in [-0.39, 0.29) is 23.2 Å². The van der Waals surface area contributed by atoms with Crippen LogP contribution in [0.2, 0.25) is 0 Å². The van der Waals surface area contributed by atoms with Crippen molar-refractivity contribution in [1.29, 1.82) is 0 Å². The van der Waals surface area contributed by atoms with Crippen LogP contribution in [0, 0.1) is 6.92 Å². The lowest BCUT2D eigenvalue weighted by molar-refractivity contribution is 0.270. The molecular weight excluding hydrogens is 252 g/mol. The maximum Gasteiger partial charge on any atom is 0.242 e. The zero-order chi connectivity index (χ0) is 13.8. The molecule has 6 heteroatoms. The molecule has 0 aliphatic rings. The number of rotatable bonds is 6. The van der Waals surface area contributed by atoms with E-state index in [1.54, 1.807) is 12.1 Å². The van der Waals surface area contributed by atoms with Gasteiger partial charge < -0.3 is 10.8 Å². The molecule has 1 atom stereocenters. The molecule has 0 aliphatic carbocycles. The molecule has 1 unspecified atom stereocenters. The van der Waals surface area contributed by atoms with E-state index in [9.17, 15) is 8.42 Å². The van der Waals surface area contributed by atoms with Crippen molar-refractivity contribution < 1.29 is 13.5 Å². The summed E-state index contributed by atoms with van der Waals surface area (Å²) in [6, 6.07) is 4.55. The van der Waals surface area contributed by atoms with Crippen LogP contribution in [0.4, 0.5) is 5.69 Å². The normalized spacial score (nSPS) is 13.5. The number of benzene rings is 1. The molecule has 0 saturated heterocycles. The molecule has 0 amide bonds. The van der Waals surface area contributed by atoms with E-state index in [0.29, 0.717) is 12.8 Å². The Morgan fingerprint density at radius 3 is 2.61 bits per heavy atom. The standard InChI is InChI=1S/C12H20N2O3S/c1-3-10(6-7-15)14-18(16,17)12-5-4-9(2)8-11(12)13/h4-5,8,10,14-15H,3,6-7,13H2,1-2H3. The van der Waals surface area contributed by atoms with E-state index in [2.05, 4.69) is 4.72 Å². The van der Waals surface area contributed by atoms with Gasteiger partial charge in [0.2, 0.25) is 10.0 Å². The second-order valence-corrected chi connectivity index (χ2v) is 5.96. The Balaban J connectivity index is 2.99. The first kappa shape index (κ1) is 14.9. The third-order valence-electron chi connectivity index (χ3n) is 2.75. The lowest BCUT2D eigenvalue weighted by Gasteiger charge is -2.17. The Kier molecular flexibility index (Phi) is 5.13. The fourth-order valence-corrected chi connectivity index (χ4v) is 3.16. The summed E-state index contributed by atoms with van der Waals surface area (Å²) in [6.45, 7) is 3.66. The number of nitrogens with one attached hydrogen (secondary N) is 1. The van der Waals surface area contributed by atoms with Gasteiger partial charge in [0, 0.05) is 12.6 Å². The van der Waals surface area contributed by atoms with Crippen LogP contribution in [-0.4, -0.2) is 26.2 Å². The van der Waals surface area contributed by atoms with Crippen LogP contribution in [0.1, 0.15) is 25.3 Å². The van der Waals surface area contributed by atoms with E-state index < -0.39 is 10.0 Å². The number of hydrogen-bond acceptors (Lipinski definition) is 4. The summed E-state index contributed by atoms with van der Waals surface area (Å²) < 4.78 is 26.8. The Morgan fingerprint density at radius 1 is 1.44 bits per heavy atom. The lowest BCUT2D eigenvalue weighted by atomic mass is 10.2. The van der Waals surface area contributed by atoms with Crippen molar-refractivity contribution in [3.8, 4) is 0 Å². The number of hydrogen-bond donors (Lipinski definition) is 3. The summed E-state index contributed by atoms with van der Waals surface area (Å²) in [4.78, 5) is 0.0875. The monoisotopic (exact) mass is 272 g/mol. The van der Waals surface area contributed by atoms with Gasteiger partial charge in [0.05, 0.1) is 5.69 Å². The molecule has 18 heavy (non-hydrogen) atoms. The van der Waals surface area contributed by atoms with Gasteiger partial charge in [-0.2, -0.15) is 0 Å². The van der Waals surface area contributed by atoms with Crippen LogP contribution in [0.25, 0.3) is 0 Å². The summed E-state index contributed by atoms with van der Waals surface area (Å²) in [7, 11) is -3.63. The molecular formula is C12H20N2O3S. The van der Waals surface area contributed by atoms with Gasteiger partial charge in [-0.05, 0) is 37.5 Å². The molecule has 4 N–H and O–H groups in total. The Morgan fingerprint density at radius 2 is 2.11 bits per heavy atom. The van der Waals surface area contributed by atoms with Gasteiger partial charge in [-0.25, -0.2) is 13.1 Å². The summed E-state index contributed by atoms with van der Waals surface area (Å²) in [5, 5.41) is 8.87. The van der Waals surface area contributed by atoms with Crippen LogP contribution in [0.5, 0.6) is 0 Å². The van der Waals surface area contributed by atoms with Gasteiger partial charge >= 0.3 is 0 Å². The summed E-state index contributed by atoms with van der Waals surface area (Å²) in [5.74, 6) is 0. The summed E-state index contributed by atoms with van der Waals surface area (Å²) in [5.41, 5.74) is 6.88. The molecule has 0 bridgehead atoms. The van der Waals surface area contributed by atoms with Gasteiger partial charge in [-0.1, -0.05) is 13.0 Å². The second-order valence-electron chi connectivity index (χ2n) is 4.28. The van der Waals surface area contributed by atoms with Crippen molar-refractivity contribution in [2.24, 2.45) is 0 Å². The third-order valence-corrected chi connectivity index (χ3v) is 4.34. The molecule has 0 aromatic heterocycles. The third kappa shape index (κ3) is 3.69. The minimum atomic E-state index is -3.63. The van der Waals surface area contributed by atoms with Crippen molar-refractivity contribution in [3.05, 3.63) is 23.8 Å². The Bertz CT molecular complexity index is 500. The van der Waals surface area contributed by atoms with E-state index >= 15 is 0 Å². The number of anilines is 1. The number of sulfonamides is 1. The highest BCUT2D eigenvalue weighted by Crippen LogP contribution is 2.20. The highest BCUT2D eigenvalue weighted by Gasteiger charge is 2.20. The first-order chi connectivity index (χ1) is 8.40.